The highest BCUT2D eigenvalue weighted by atomic mass is 79.9. The van der Waals surface area contributed by atoms with Gasteiger partial charge in [-0.05, 0) is 53.2 Å². The number of hydrogen-bond acceptors (Lipinski definition) is 3. The summed E-state index contributed by atoms with van der Waals surface area (Å²) >= 11 is 8.43. The van der Waals surface area contributed by atoms with Crippen LogP contribution in [0.3, 0.4) is 0 Å². The molecule has 7 heteroatoms. The fraction of sp³-hybridized carbons (Fsp3) is 0.125. The van der Waals surface area contributed by atoms with Crippen LogP contribution in [0.2, 0.25) is 0 Å². The van der Waals surface area contributed by atoms with Crippen LogP contribution in [0, 0.1) is 6.92 Å². The number of carbonyl (C=O) groups excluding carboxylic acids is 1. The highest BCUT2D eigenvalue weighted by Crippen LogP contribution is 2.20. The van der Waals surface area contributed by atoms with E-state index in [9.17, 15) is 4.79 Å². The Hall–Kier alpha value is -1.44. The van der Waals surface area contributed by atoms with E-state index in [1.807, 2.05) is 42.6 Å². The maximum atomic E-state index is 12.4. The minimum Gasteiger partial charge on any atom is -0.347 e. The predicted octanol–water partition coefficient (Wildman–Crippen LogP) is 4.70. The van der Waals surface area contributed by atoms with Gasteiger partial charge in [0.05, 0.1) is 29.7 Å². The lowest BCUT2D eigenvalue weighted by Crippen LogP contribution is -2.22. The highest BCUT2D eigenvalue weighted by molar-refractivity contribution is 9.10. The molecule has 4 nitrogen and oxygen atoms in total. The van der Waals surface area contributed by atoms with Crippen LogP contribution in [0.25, 0.3) is 5.69 Å². The molecule has 23 heavy (non-hydrogen) atoms. The molecule has 1 amide bonds. The van der Waals surface area contributed by atoms with Crippen molar-refractivity contribution in [2.75, 3.05) is 0 Å². The molecular weight excluding hydrogens is 442 g/mol. The van der Waals surface area contributed by atoms with E-state index in [1.165, 1.54) is 0 Å². The van der Waals surface area contributed by atoms with Gasteiger partial charge in [0.1, 0.15) is 0 Å². The van der Waals surface area contributed by atoms with Crippen molar-refractivity contribution in [1.82, 2.24) is 15.1 Å². The van der Waals surface area contributed by atoms with Crippen LogP contribution in [0.15, 0.2) is 50.9 Å². The molecule has 2 aromatic heterocycles. The molecule has 1 N–H and O–H groups in total. The Labute approximate surface area is 154 Å². The molecule has 0 radical (unpaired) electrons. The summed E-state index contributed by atoms with van der Waals surface area (Å²) in [6.45, 7) is 2.41. The minimum absolute atomic E-state index is 0.115. The van der Waals surface area contributed by atoms with Gasteiger partial charge in [0.15, 0.2) is 0 Å². The van der Waals surface area contributed by atoms with E-state index in [1.54, 1.807) is 22.2 Å². The van der Waals surface area contributed by atoms with Crippen molar-refractivity contribution in [3.05, 3.63) is 67.0 Å². The lowest BCUT2D eigenvalue weighted by Gasteiger charge is -2.06. The van der Waals surface area contributed by atoms with Gasteiger partial charge in [-0.15, -0.1) is 11.3 Å². The molecule has 0 spiro atoms. The third kappa shape index (κ3) is 3.73. The number of amides is 1. The summed E-state index contributed by atoms with van der Waals surface area (Å²) in [6, 6.07) is 9.81. The molecule has 3 aromatic rings. The molecule has 0 saturated carbocycles. The van der Waals surface area contributed by atoms with E-state index in [0.29, 0.717) is 12.1 Å². The standard InChI is InChI=1S/C16H13Br2N3OS/c1-10-15(16(22)19-7-14-6-12(18)9-23-14)8-20-21(10)13-4-2-11(17)3-5-13/h2-6,8-9H,7H2,1H3,(H,19,22). The Balaban J connectivity index is 1.75. The van der Waals surface area contributed by atoms with E-state index in [4.69, 9.17) is 0 Å². The minimum atomic E-state index is -0.115. The summed E-state index contributed by atoms with van der Waals surface area (Å²) in [5.74, 6) is -0.115. The second kappa shape index (κ2) is 6.98. The molecular formula is C16H13Br2N3OS. The Morgan fingerprint density at radius 2 is 2.00 bits per heavy atom. The first kappa shape index (κ1) is 16.4. The third-order valence-corrected chi connectivity index (χ3v) is 5.60. The average Bonchev–Trinajstić information content (AvgIpc) is 3.12. The van der Waals surface area contributed by atoms with Gasteiger partial charge >= 0.3 is 0 Å². The molecule has 0 atom stereocenters. The molecule has 3 rings (SSSR count). The summed E-state index contributed by atoms with van der Waals surface area (Å²) < 4.78 is 3.81. The van der Waals surface area contributed by atoms with Crippen molar-refractivity contribution < 1.29 is 4.79 Å². The van der Waals surface area contributed by atoms with Gasteiger partial charge < -0.3 is 5.32 Å². The fourth-order valence-electron chi connectivity index (χ4n) is 2.18. The number of nitrogens with one attached hydrogen (secondary N) is 1. The molecule has 0 aliphatic heterocycles. The normalized spacial score (nSPS) is 10.7. The lowest BCUT2D eigenvalue weighted by atomic mass is 10.2. The van der Waals surface area contributed by atoms with Gasteiger partial charge in [-0.25, -0.2) is 4.68 Å². The van der Waals surface area contributed by atoms with Gasteiger partial charge in [0.2, 0.25) is 0 Å². The number of carbonyl (C=O) groups is 1. The van der Waals surface area contributed by atoms with Crippen LogP contribution in [0.4, 0.5) is 0 Å². The Morgan fingerprint density at radius 3 is 2.65 bits per heavy atom. The van der Waals surface area contributed by atoms with E-state index in [2.05, 4.69) is 42.3 Å². The first-order valence-electron chi connectivity index (χ1n) is 6.86. The first-order valence-corrected chi connectivity index (χ1v) is 9.33. The Bertz CT molecular complexity index is 839. The molecule has 1 aromatic carbocycles. The van der Waals surface area contributed by atoms with Gasteiger partial charge in [0.25, 0.3) is 5.91 Å². The van der Waals surface area contributed by atoms with Crippen molar-refractivity contribution in [2.24, 2.45) is 0 Å². The first-order chi connectivity index (χ1) is 11.0. The molecule has 2 heterocycles. The van der Waals surface area contributed by atoms with Crippen molar-refractivity contribution in [3.8, 4) is 5.69 Å². The van der Waals surface area contributed by atoms with E-state index >= 15 is 0 Å². The number of thiophene rings is 1. The van der Waals surface area contributed by atoms with E-state index in [0.717, 1.165) is 25.2 Å². The molecule has 0 unspecified atom stereocenters. The molecule has 118 valence electrons. The van der Waals surface area contributed by atoms with E-state index in [-0.39, 0.29) is 5.91 Å². The molecule has 0 bridgehead atoms. The zero-order valence-corrected chi connectivity index (χ0v) is 16.2. The number of benzene rings is 1. The largest absolute Gasteiger partial charge is 0.347 e. The molecule has 0 saturated heterocycles. The molecule has 0 aliphatic carbocycles. The summed E-state index contributed by atoms with van der Waals surface area (Å²) in [5.41, 5.74) is 2.33. The number of aromatic nitrogens is 2. The monoisotopic (exact) mass is 453 g/mol. The van der Waals surface area contributed by atoms with Crippen molar-refractivity contribution in [3.63, 3.8) is 0 Å². The SMILES string of the molecule is Cc1c(C(=O)NCc2cc(Br)cs2)cnn1-c1ccc(Br)cc1. The second-order valence-electron chi connectivity index (χ2n) is 4.95. The topological polar surface area (TPSA) is 46.9 Å². The summed E-state index contributed by atoms with van der Waals surface area (Å²) in [6.07, 6.45) is 1.61. The number of halogens is 2. The number of hydrogen-bond donors (Lipinski definition) is 1. The van der Waals surface area contributed by atoms with Gasteiger partial charge in [-0.2, -0.15) is 5.10 Å². The summed E-state index contributed by atoms with van der Waals surface area (Å²) in [5, 5.41) is 9.26. The Kier molecular flexibility index (Phi) is 4.99. The van der Waals surface area contributed by atoms with Crippen molar-refractivity contribution >= 4 is 49.1 Å². The van der Waals surface area contributed by atoms with Gasteiger partial charge in [-0.3, -0.25) is 4.79 Å². The van der Waals surface area contributed by atoms with Crippen LogP contribution < -0.4 is 5.32 Å². The zero-order valence-electron chi connectivity index (χ0n) is 12.2. The molecule has 0 fully saturated rings. The maximum Gasteiger partial charge on any atom is 0.255 e. The van der Waals surface area contributed by atoms with Gasteiger partial charge in [0, 0.05) is 19.2 Å². The van der Waals surface area contributed by atoms with Crippen LogP contribution in [0.5, 0.6) is 0 Å². The number of nitrogens with zero attached hydrogens (tertiary/aromatic N) is 2. The van der Waals surface area contributed by atoms with Crippen LogP contribution >= 0.6 is 43.2 Å². The summed E-state index contributed by atoms with van der Waals surface area (Å²) in [4.78, 5) is 13.5. The molecule has 0 aliphatic rings. The smallest absolute Gasteiger partial charge is 0.255 e. The zero-order chi connectivity index (χ0) is 16.4. The van der Waals surface area contributed by atoms with Gasteiger partial charge in [-0.1, -0.05) is 15.9 Å². The quantitative estimate of drug-likeness (QED) is 0.621. The highest BCUT2D eigenvalue weighted by Gasteiger charge is 2.15. The second-order valence-corrected chi connectivity index (χ2v) is 7.77. The van der Waals surface area contributed by atoms with Crippen LogP contribution in [-0.2, 0) is 6.54 Å². The Morgan fingerprint density at radius 1 is 1.26 bits per heavy atom. The fourth-order valence-corrected chi connectivity index (χ4v) is 3.84. The van der Waals surface area contributed by atoms with Crippen molar-refractivity contribution in [1.29, 1.82) is 0 Å². The average molecular weight is 455 g/mol. The van der Waals surface area contributed by atoms with Crippen LogP contribution in [0.1, 0.15) is 20.9 Å². The van der Waals surface area contributed by atoms with E-state index < -0.39 is 0 Å². The summed E-state index contributed by atoms with van der Waals surface area (Å²) in [7, 11) is 0. The van der Waals surface area contributed by atoms with Crippen molar-refractivity contribution in [2.45, 2.75) is 13.5 Å². The maximum absolute atomic E-state index is 12.4. The predicted molar refractivity (Wildman–Crippen MR) is 99.2 cm³/mol. The lowest BCUT2D eigenvalue weighted by molar-refractivity contribution is 0.0950. The third-order valence-electron chi connectivity index (χ3n) is 3.37. The van der Waals surface area contributed by atoms with Crippen LogP contribution in [-0.4, -0.2) is 15.7 Å². The number of rotatable bonds is 4.